The Bertz CT molecular complexity index is 244. The van der Waals surface area contributed by atoms with Crippen LogP contribution in [-0.2, 0) is 6.54 Å². The highest BCUT2D eigenvalue weighted by Crippen LogP contribution is 2.06. The molecule has 1 heterocycles. The molecule has 0 aliphatic carbocycles. The zero-order valence-corrected chi connectivity index (χ0v) is 9.23. The Morgan fingerprint density at radius 3 is 2.71 bits per heavy atom. The van der Waals surface area contributed by atoms with Crippen molar-refractivity contribution < 1.29 is 4.42 Å². The maximum atomic E-state index is 5.97. The van der Waals surface area contributed by atoms with Crippen LogP contribution in [0.4, 0.5) is 0 Å². The van der Waals surface area contributed by atoms with E-state index in [1.165, 1.54) is 0 Å². The monoisotopic (exact) mass is 196 g/mol. The summed E-state index contributed by atoms with van der Waals surface area (Å²) in [6.45, 7) is 6.02. The van der Waals surface area contributed by atoms with Crippen LogP contribution >= 0.6 is 0 Å². The molecule has 3 nitrogen and oxygen atoms in total. The van der Waals surface area contributed by atoms with Crippen LogP contribution in [0.3, 0.4) is 0 Å². The Balaban J connectivity index is 2.32. The number of hydrogen-bond donors (Lipinski definition) is 1. The minimum Gasteiger partial charge on any atom is -0.468 e. The fraction of sp³-hybridized carbons (Fsp3) is 0.636. The van der Waals surface area contributed by atoms with Crippen molar-refractivity contribution in [3.8, 4) is 0 Å². The molecule has 1 aromatic heterocycles. The number of nitrogens with zero attached hydrogens (tertiary/aromatic N) is 1. The Kier molecular flexibility index (Phi) is 4.17. The molecule has 0 aliphatic heterocycles. The van der Waals surface area contributed by atoms with Gasteiger partial charge in [0.2, 0.25) is 0 Å². The first-order chi connectivity index (χ1) is 6.59. The number of likely N-dealkylation sites (N-methyl/N-ethyl adjacent to an activating group) is 1. The van der Waals surface area contributed by atoms with Gasteiger partial charge in [-0.25, -0.2) is 0 Å². The molecule has 80 valence electrons. The van der Waals surface area contributed by atoms with E-state index in [0.717, 1.165) is 18.8 Å². The summed E-state index contributed by atoms with van der Waals surface area (Å²) in [5.41, 5.74) is 5.97. The molecule has 1 rings (SSSR count). The average molecular weight is 196 g/mol. The van der Waals surface area contributed by atoms with Crippen molar-refractivity contribution in [1.82, 2.24) is 4.90 Å². The Morgan fingerprint density at radius 2 is 2.21 bits per heavy atom. The van der Waals surface area contributed by atoms with Crippen molar-refractivity contribution in [1.29, 1.82) is 0 Å². The molecule has 1 atom stereocenters. The van der Waals surface area contributed by atoms with Crippen molar-refractivity contribution in [3.05, 3.63) is 24.2 Å². The van der Waals surface area contributed by atoms with Crippen LogP contribution in [0.5, 0.6) is 0 Å². The lowest BCUT2D eigenvalue weighted by molar-refractivity contribution is 0.257. The molecule has 0 bridgehead atoms. The van der Waals surface area contributed by atoms with E-state index in [1.807, 2.05) is 12.1 Å². The second-order valence-electron chi connectivity index (χ2n) is 4.18. The molecule has 0 aliphatic rings. The molecule has 0 aromatic carbocycles. The van der Waals surface area contributed by atoms with Gasteiger partial charge in [-0.05, 0) is 25.1 Å². The molecule has 2 N–H and O–H groups in total. The van der Waals surface area contributed by atoms with Gasteiger partial charge in [-0.2, -0.15) is 0 Å². The molecule has 3 heteroatoms. The van der Waals surface area contributed by atoms with Gasteiger partial charge in [-0.3, -0.25) is 4.90 Å². The van der Waals surface area contributed by atoms with Crippen molar-refractivity contribution in [2.45, 2.75) is 26.4 Å². The highest BCUT2D eigenvalue weighted by molar-refractivity contribution is 4.97. The van der Waals surface area contributed by atoms with Gasteiger partial charge in [0.05, 0.1) is 12.8 Å². The van der Waals surface area contributed by atoms with Crippen LogP contribution in [0.15, 0.2) is 22.8 Å². The van der Waals surface area contributed by atoms with Crippen molar-refractivity contribution in [2.75, 3.05) is 13.6 Å². The molecule has 1 aromatic rings. The van der Waals surface area contributed by atoms with Crippen molar-refractivity contribution >= 4 is 0 Å². The van der Waals surface area contributed by atoms with E-state index in [9.17, 15) is 0 Å². The van der Waals surface area contributed by atoms with Gasteiger partial charge < -0.3 is 10.2 Å². The van der Waals surface area contributed by atoms with Gasteiger partial charge in [0.1, 0.15) is 5.76 Å². The molecule has 0 amide bonds. The third kappa shape index (κ3) is 3.52. The Morgan fingerprint density at radius 1 is 1.50 bits per heavy atom. The largest absolute Gasteiger partial charge is 0.468 e. The van der Waals surface area contributed by atoms with Gasteiger partial charge in [0.25, 0.3) is 0 Å². The first-order valence-electron chi connectivity index (χ1n) is 5.06. The molecule has 0 fully saturated rings. The predicted molar refractivity (Wildman–Crippen MR) is 57.9 cm³/mol. The molecule has 0 spiro atoms. The minimum absolute atomic E-state index is 0.231. The van der Waals surface area contributed by atoms with E-state index in [1.54, 1.807) is 6.26 Å². The lowest BCUT2D eigenvalue weighted by Gasteiger charge is -2.22. The van der Waals surface area contributed by atoms with Gasteiger partial charge in [-0.15, -0.1) is 0 Å². The topological polar surface area (TPSA) is 42.4 Å². The zero-order valence-electron chi connectivity index (χ0n) is 9.23. The Hall–Kier alpha value is -0.800. The lowest BCUT2D eigenvalue weighted by Crippen LogP contribution is -2.38. The zero-order chi connectivity index (χ0) is 10.6. The van der Waals surface area contributed by atoms with Crippen LogP contribution in [0, 0.1) is 5.92 Å². The van der Waals surface area contributed by atoms with Crippen LogP contribution in [0.2, 0.25) is 0 Å². The summed E-state index contributed by atoms with van der Waals surface area (Å²) in [5.74, 6) is 1.51. The molecule has 0 radical (unpaired) electrons. The SMILES string of the molecule is CC(C)C(N)CN(C)Cc1ccco1. The first-order valence-corrected chi connectivity index (χ1v) is 5.06. The van der Waals surface area contributed by atoms with E-state index in [0.29, 0.717) is 5.92 Å². The molecule has 0 saturated heterocycles. The second-order valence-corrected chi connectivity index (χ2v) is 4.18. The summed E-state index contributed by atoms with van der Waals surface area (Å²) in [7, 11) is 2.06. The van der Waals surface area contributed by atoms with Crippen LogP contribution in [0.1, 0.15) is 19.6 Å². The molecule has 1 unspecified atom stereocenters. The van der Waals surface area contributed by atoms with E-state index >= 15 is 0 Å². The second kappa shape index (κ2) is 5.17. The smallest absolute Gasteiger partial charge is 0.117 e. The number of hydrogen-bond acceptors (Lipinski definition) is 3. The maximum Gasteiger partial charge on any atom is 0.117 e. The van der Waals surface area contributed by atoms with Crippen molar-refractivity contribution in [2.24, 2.45) is 11.7 Å². The predicted octanol–water partition coefficient (Wildman–Crippen LogP) is 1.69. The van der Waals surface area contributed by atoms with Crippen molar-refractivity contribution in [3.63, 3.8) is 0 Å². The Labute approximate surface area is 85.9 Å². The number of rotatable bonds is 5. The normalized spacial score (nSPS) is 13.9. The number of nitrogens with two attached hydrogens (primary N) is 1. The number of furan rings is 1. The molecule has 0 saturated carbocycles. The highest BCUT2D eigenvalue weighted by Gasteiger charge is 2.11. The fourth-order valence-corrected chi connectivity index (χ4v) is 1.30. The summed E-state index contributed by atoms with van der Waals surface area (Å²) in [5, 5.41) is 0. The average Bonchev–Trinajstić information content (AvgIpc) is 2.56. The van der Waals surface area contributed by atoms with E-state index in [4.69, 9.17) is 10.2 Å². The van der Waals surface area contributed by atoms with Gasteiger partial charge in [0.15, 0.2) is 0 Å². The highest BCUT2D eigenvalue weighted by atomic mass is 16.3. The third-order valence-corrected chi connectivity index (χ3v) is 2.38. The van der Waals surface area contributed by atoms with E-state index < -0.39 is 0 Å². The summed E-state index contributed by atoms with van der Waals surface area (Å²) < 4.78 is 5.26. The quantitative estimate of drug-likeness (QED) is 0.779. The lowest BCUT2D eigenvalue weighted by atomic mass is 10.1. The minimum atomic E-state index is 0.231. The summed E-state index contributed by atoms with van der Waals surface area (Å²) in [6, 6.07) is 4.12. The van der Waals surface area contributed by atoms with Gasteiger partial charge >= 0.3 is 0 Å². The third-order valence-electron chi connectivity index (χ3n) is 2.38. The summed E-state index contributed by atoms with van der Waals surface area (Å²) in [6.07, 6.45) is 1.70. The molecule has 14 heavy (non-hydrogen) atoms. The fourth-order valence-electron chi connectivity index (χ4n) is 1.30. The van der Waals surface area contributed by atoms with Crippen LogP contribution in [0.25, 0.3) is 0 Å². The molecular formula is C11H20N2O. The van der Waals surface area contributed by atoms with Crippen LogP contribution < -0.4 is 5.73 Å². The van der Waals surface area contributed by atoms with Gasteiger partial charge in [0, 0.05) is 12.6 Å². The maximum absolute atomic E-state index is 5.97. The summed E-state index contributed by atoms with van der Waals surface area (Å²) in [4.78, 5) is 2.18. The summed E-state index contributed by atoms with van der Waals surface area (Å²) >= 11 is 0. The first kappa shape index (κ1) is 11.3. The van der Waals surface area contributed by atoms with E-state index in [2.05, 4.69) is 25.8 Å². The van der Waals surface area contributed by atoms with E-state index in [-0.39, 0.29) is 6.04 Å². The van der Waals surface area contributed by atoms with Crippen LogP contribution in [-0.4, -0.2) is 24.5 Å². The molecular weight excluding hydrogens is 176 g/mol. The van der Waals surface area contributed by atoms with Gasteiger partial charge in [-0.1, -0.05) is 13.8 Å². The standard InChI is InChI=1S/C11H20N2O/c1-9(2)11(12)8-13(3)7-10-5-4-6-14-10/h4-6,9,11H,7-8,12H2,1-3H3.